The van der Waals surface area contributed by atoms with Gasteiger partial charge >= 0.3 is 5.76 Å². The molecule has 0 atom stereocenters. The molecule has 4 rings (SSSR count). The molecule has 0 N–H and O–H groups in total. The van der Waals surface area contributed by atoms with E-state index >= 15 is 0 Å². The Morgan fingerprint density at radius 3 is 2.04 bits per heavy atom. The fourth-order valence-corrected chi connectivity index (χ4v) is 3.77. The van der Waals surface area contributed by atoms with Gasteiger partial charge < -0.3 is 13.9 Å². The zero-order valence-corrected chi connectivity index (χ0v) is 16.4. The molecule has 2 aromatic heterocycles. The third-order valence-electron chi connectivity index (χ3n) is 4.50. The number of hydrogen-bond donors (Lipinski definition) is 0. The second-order valence-corrected chi connectivity index (χ2v) is 7.20. The lowest BCUT2D eigenvalue weighted by atomic mass is 10.0. The Morgan fingerprint density at radius 2 is 1.50 bits per heavy atom. The molecular formula is C22H19NO4S. The van der Waals surface area contributed by atoms with E-state index in [0.29, 0.717) is 12.3 Å². The number of aromatic nitrogens is 1. The Balaban J connectivity index is 1.88. The second-order valence-electron chi connectivity index (χ2n) is 6.17. The Hall–Kier alpha value is -3.25. The third-order valence-corrected chi connectivity index (χ3v) is 5.37. The predicted octanol–water partition coefficient (Wildman–Crippen LogP) is 4.90. The van der Waals surface area contributed by atoms with E-state index in [1.54, 1.807) is 30.1 Å². The van der Waals surface area contributed by atoms with Crippen molar-refractivity contribution in [2.75, 3.05) is 14.2 Å². The summed E-state index contributed by atoms with van der Waals surface area (Å²) in [6, 6.07) is 19.1. The van der Waals surface area contributed by atoms with E-state index in [9.17, 15) is 4.79 Å². The highest BCUT2D eigenvalue weighted by Gasteiger charge is 2.20. The number of hydrogen-bond acceptors (Lipinski definition) is 5. The van der Waals surface area contributed by atoms with E-state index in [-0.39, 0.29) is 5.76 Å². The van der Waals surface area contributed by atoms with Crippen molar-refractivity contribution >= 4 is 11.3 Å². The molecular weight excluding hydrogens is 374 g/mol. The highest BCUT2D eigenvalue weighted by molar-refractivity contribution is 7.09. The molecule has 5 nitrogen and oxygen atoms in total. The molecule has 0 spiro atoms. The van der Waals surface area contributed by atoms with E-state index in [1.165, 1.54) is 0 Å². The van der Waals surface area contributed by atoms with Crippen LogP contribution in [0.25, 0.3) is 22.6 Å². The van der Waals surface area contributed by atoms with Gasteiger partial charge in [-0.25, -0.2) is 4.79 Å². The summed E-state index contributed by atoms with van der Waals surface area (Å²) in [6.07, 6.45) is 0. The molecule has 0 aliphatic heterocycles. The summed E-state index contributed by atoms with van der Waals surface area (Å²) in [5, 5.41) is 2.00. The van der Waals surface area contributed by atoms with Crippen molar-refractivity contribution in [3.63, 3.8) is 0 Å². The van der Waals surface area contributed by atoms with Gasteiger partial charge in [-0.1, -0.05) is 6.07 Å². The molecule has 0 bridgehead atoms. The summed E-state index contributed by atoms with van der Waals surface area (Å²) < 4.78 is 17.9. The van der Waals surface area contributed by atoms with Gasteiger partial charge in [-0.05, 0) is 60.0 Å². The summed E-state index contributed by atoms with van der Waals surface area (Å²) in [5.41, 5.74) is 2.44. The summed E-state index contributed by atoms with van der Waals surface area (Å²) in [5.74, 6) is 1.65. The number of benzene rings is 2. The molecule has 0 fully saturated rings. The number of rotatable bonds is 6. The Morgan fingerprint density at radius 1 is 0.893 bits per heavy atom. The maximum Gasteiger partial charge on any atom is 0.420 e. The molecule has 0 aliphatic carbocycles. The number of oxazole rings is 1. The van der Waals surface area contributed by atoms with E-state index < -0.39 is 0 Å². The van der Waals surface area contributed by atoms with Crippen LogP contribution in [0.15, 0.2) is 75.3 Å². The van der Waals surface area contributed by atoms with Crippen LogP contribution in [0.1, 0.15) is 4.88 Å². The van der Waals surface area contributed by atoms with Gasteiger partial charge in [0.15, 0.2) is 5.76 Å². The van der Waals surface area contributed by atoms with Crippen molar-refractivity contribution in [2.24, 2.45) is 0 Å². The Kier molecular flexibility index (Phi) is 5.04. The van der Waals surface area contributed by atoms with E-state index in [4.69, 9.17) is 13.9 Å². The summed E-state index contributed by atoms with van der Waals surface area (Å²) in [7, 11) is 3.25. The Labute approximate surface area is 166 Å². The van der Waals surface area contributed by atoms with Crippen molar-refractivity contribution in [3.8, 4) is 34.1 Å². The highest BCUT2D eigenvalue weighted by Crippen LogP contribution is 2.34. The van der Waals surface area contributed by atoms with Crippen LogP contribution in [0.2, 0.25) is 0 Å². The number of ether oxygens (including phenoxy) is 2. The van der Waals surface area contributed by atoms with Gasteiger partial charge in [-0.2, -0.15) is 0 Å². The maximum atomic E-state index is 12.7. The van der Waals surface area contributed by atoms with E-state index in [0.717, 1.165) is 33.2 Å². The largest absolute Gasteiger partial charge is 0.497 e. The van der Waals surface area contributed by atoms with E-state index in [2.05, 4.69) is 0 Å². The summed E-state index contributed by atoms with van der Waals surface area (Å²) >= 11 is 1.61. The number of thiophene rings is 1. The number of nitrogens with zero attached hydrogens (tertiary/aromatic N) is 1. The minimum atomic E-state index is -0.384. The van der Waals surface area contributed by atoms with Gasteiger partial charge in [0, 0.05) is 16.0 Å². The molecule has 0 saturated heterocycles. The third kappa shape index (κ3) is 3.46. The first-order chi connectivity index (χ1) is 13.7. The van der Waals surface area contributed by atoms with Gasteiger partial charge in [0.05, 0.1) is 26.5 Å². The van der Waals surface area contributed by atoms with Crippen LogP contribution in [-0.2, 0) is 6.54 Å². The van der Waals surface area contributed by atoms with Crippen molar-refractivity contribution in [1.29, 1.82) is 0 Å². The second kappa shape index (κ2) is 7.78. The van der Waals surface area contributed by atoms with E-state index in [1.807, 2.05) is 66.0 Å². The predicted molar refractivity (Wildman–Crippen MR) is 110 cm³/mol. The van der Waals surface area contributed by atoms with Crippen LogP contribution >= 0.6 is 11.3 Å². The van der Waals surface area contributed by atoms with Crippen LogP contribution < -0.4 is 15.2 Å². The van der Waals surface area contributed by atoms with Crippen LogP contribution in [0.4, 0.5) is 0 Å². The average Bonchev–Trinajstić information content (AvgIpc) is 3.37. The van der Waals surface area contributed by atoms with Crippen molar-refractivity contribution in [2.45, 2.75) is 6.54 Å². The average molecular weight is 393 g/mol. The quantitative estimate of drug-likeness (QED) is 0.467. The molecule has 6 heteroatoms. The van der Waals surface area contributed by atoms with Gasteiger partial charge in [0.1, 0.15) is 11.5 Å². The van der Waals surface area contributed by atoms with Crippen LogP contribution in [0.5, 0.6) is 11.5 Å². The molecule has 4 aromatic rings. The molecule has 0 radical (unpaired) electrons. The zero-order valence-electron chi connectivity index (χ0n) is 15.5. The molecule has 0 amide bonds. The first kappa shape index (κ1) is 18.1. The molecule has 2 heterocycles. The molecule has 0 saturated carbocycles. The molecule has 142 valence electrons. The molecule has 2 aromatic carbocycles. The lowest BCUT2D eigenvalue weighted by molar-refractivity contribution is 0.414. The smallest absolute Gasteiger partial charge is 0.420 e. The first-order valence-electron chi connectivity index (χ1n) is 8.74. The van der Waals surface area contributed by atoms with Gasteiger partial charge in [-0.15, -0.1) is 11.3 Å². The lowest BCUT2D eigenvalue weighted by Crippen LogP contribution is -2.15. The van der Waals surface area contributed by atoms with Gasteiger partial charge in [-0.3, -0.25) is 4.57 Å². The minimum absolute atomic E-state index is 0.384. The summed E-state index contributed by atoms with van der Waals surface area (Å²) in [4.78, 5) is 13.8. The molecule has 28 heavy (non-hydrogen) atoms. The van der Waals surface area contributed by atoms with Crippen LogP contribution in [-0.4, -0.2) is 18.8 Å². The Bertz CT molecular complexity index is 1110. The fourth-order valence-electron chi connectivity index (χ4n) is 3.08. The summed E-state index contributed by atoms with van der Waals surface area (Å²) in [6.45, 7) is 0.456. The van der Waals surface area contributed by atoms with Crippen LogP contribution in [0.3, 0.4) is 0 Å². The SMILES string of the molecule is COc1ccc(-c2oc(=O)n(Cc3cccs3)c2-c2ccc(OC)cc2)cc1. The van der Waals surface area contributed by atoms with Crippen molar-refractivity contribution in [3.05, 3.63) is 81.5 Å². The monoisotopic (exact) mass is 393 g/mol. The molecule has 0 unspecified atom stereocenters. The maximum absolute atomic E-state index is 12.7. The minimum Gasteiger partial charge on any atom is -0.497 e. The molecule has 0 aliphatic rings. The zero-order chi connectivity index (χ0) is 19.5. The lowest BCUT2D eigenvalue weighted by Gasteiger charge is -2.09. The topological polar surface area (TPSA) is 53.6 Å². The first-order valence-corrected chi connectivity index (χ1v) is 9.62. The van der Waals surface area contributed by atoms with Gasteiger partial charge in [0.25, 0.3) is 0 Å². The van der Waals surface area contributed by atoms with Gasteiger partial charge in [0.2, 0.25) is 0 Å². The highest BCUT2D eigenvalue weighted by atomic mass is 32.1. The number of methoxy groups -OCH3 is 2. The standard InChI is InChI=1S/C22H19NO4S/c1-25-17-9-5-15(6-10-17)20-21(16-7-11-18(26-2)12-8-16)27-22(24)23(20)14-19-4-3-13-28-19/h3-13H,14H2,1-2H3. The van der Waals surface area contributed by atoms with Crippen molar-refractivity contribution < 1.29 is 13.9 Å². The van der Waals surface area contributed by atoms with Crippen molar-refractivity contribution in [1.82, 2.24) is 4.57 Å². The fraction of sp³-hybridized carbons (Fsp3) is 0.136. The normalized spacial score (nSPS) is 10.8. The van der Waals surface area contributed by atoms with Crippen LogP contribution in [0, 0.1) is 0 Å².